The summed E-state index contributed by atoms with van der Waals surface area (Å²) in [4.78, 5) is 17.3. The minimum absolute atomic E-state index is 0.0498. The van der Waals surface area contributed by atoms with E-state index < -0.39 is 6.10 Å². The molecule has 240 valence electrons. The van der Waals surface area contributed by atoms with E-state index in [0.717, 1.165) is 45.6 Å². The number of methoxy groups -OCH3 is 1. The van der Waals surface area contributed by atoms with Crippen molar-refractivity contribution in [3.63, 3.8) is 0 Å². The maximum atomic E-state index is 14.0. The zero-order valence-corrected chi connectivity index (χ0v) is 26.5. The lowest BCUT2D eigenvalue weighted by Crippen LogP contribution is -2.24. The summed E-state index contributed by atoms with van der Waals surface area (Å²) in [5.74, 6) is 0.514. The number of ketones is 1. The number of ether oxygens (including phenoxy) is 3. The van der Waals surface area contributed by atoms with Crippen LogP contribution in [0.15, 0.2) is 66.9 Å². The number of H-pyrrole nitrogens is 1. The maximum Gasteiger partial charge on any atom is 0.204 e. The Kier molecular flexibility index (Phi) is 9.08. The first kappa shape index (κ1) is 31.3. The average Bonchev–Trinajstić information content (AvgIpc) is 3.53. The molecule has 0 saturated carbocycles. The molecule has 2 unspecified atom stereocenters. The van der Waals surface area contributed by atoms with Gasteiger partial charge in [0.25, 0.3) is 0 Å². The van der Waals surface area contributed by atoms with Crippen molar-refractivity contribution >= 4 is 27.5 Å². The summed E-state index contributed by atoms with van der Waals surface area (Å²) in [5.41, 5.74) is 3.71. The number of phenolic OH excluding ortho intramolecular Hbond substituents is 2. The highest BCUT2D eigenvalue weighted by atomic mass is 16.5. The number of carbonyl (C=O) groups is 1. The number of Topliss-reactive ketones (excluding diaryl/α,β-unsaturated/α-hetero) is 1. The minimum Gasteiger partial charge on any atom is -0.508 e. The van der Waals surface area contributed by atoms with E-state index in [2.05, 4.69) is 55.2 Å². The van der Waals surface area contributed by atoms with Gasteiger partial charge in [0.05, 0.1) is 20.1 Å². The third-order valence-electron chi connectivity index (χ3n) is 8.95. The topological polar surface area (TPSA) is 121 Å². The van der Waals surface area contributed by atoms with Crippen LogP contribution < -0.4 is 14.2 Å². The van der Waals surface area contributed by atoms with Crippen LogP contribution in [-0.2, 0) is 6.42 Å². The first-order chi connectivity index (χ1) is 22.3. The molecule has 0 fully saturated rings. The van der Waals surface area contributed by atoms with Gasteiger partial charge in [-0.15, -0.1) is 0 Å². The number of aromatic amines is 1. The lowest BCUT2D eigenvalue weighted by Gasteiger charge is -2.33. The molecule has 0 saturated heterocycles. The standard InChI is InChI=1S/C38H41NO7/c1-22(2)8-9-25(20-24-6-4-7-28-27(24)14-15-30-29(28)16-17-39-30)33-35(43)38(44-3)37(45-19-5-18-40)34-31(42)21-32(46-36(33)34)23-10-12-26(41)13-11-23/h4,6-7,10-17,22,25,32,39-41,43H,5,8-9,18-21H2,1-3H3. The van der Waals surface area contributed by atoms with Gasteiger partial charge in [0.15, 0.2) is 17.3 Å². The molecule has 46 heavy (non-hydrogen) atoms. The number of aliphatic hydroxyl groups is 1. The highest BCUT2D eigenvalue weighted by molar-refractivity contribution is 6.07. The largest absolute Gasteiger partial charge is 0.508 e. The van der Waals surface area contributed by atoms with Crippen LogP contribution in [-0.4, -0.2) is 46.4 Å². The third kappa shape index (κ3) is 5.97. The minimum atomic E-state index is -0.623. The van der Waals surface area contributed by atoms with Crippen LogP contribution in [0.25, 0.3) is 21.7 Å². The molecule has 0 spiro atoms. The number of benzene rings is 4. The average molecular weight is 624 g/mol. The Morgan fingerprint density at radius 3 is 2.50 bits per heavy atom. The number of hydrogen-bond acceptors (Lipinski definition) is 7. The van der Waals surface area contributed by atoms with Gasteiger partial charge in [0.2, 0.25) is 5.75 Å². The number of fused-ring (bicyclic) bond motifs is 4. The molecule has 8 heteroatoms. The van der Waals surface area contributed by atoms with Crippen LogP contribution in [0.2, 0.25) is 0 Å². The number of aromatic hydroxyl groups is 2. The van der Waals surface area contributed by atoms with Crippen molar-refractivity contribution in [1.82, 2.24) is 4.98 Å². The zero-order chi connectivity index (χ0) is 32.4. The summed E-state index contributed by atoms with van der Waals surface area (Å²) < 4.78 is 18.5. The SMILES string of the molecule is COc1c(O)c(C(CCC(C)C)Cc2cccc3c2ccc2[nH]ccc23)c2c(c1OCCCO)C(=O)CC(c1ccc(O)cc1)O2. The Labute approximate surface area is 268 Å². The first-order valence-corrected chi connectivity index (χ1v) is 16.0. The van der Waals surface area contributed by atoms with E-state index in [9.17, 15) is 20.1 Å². The predicted octanol–water partition coefficient (Wildman–Crippen LogP) is 7.97. The molecular weight excluding hydrogens is 582 g/mol. The van der Waals surface area contributed by atoms with Gasteiger partial charge < -0.3 is 34.5 Å². The molecule has 0 bridgehead atoms. The molecule has 1 aromatic heterocycles. The van der Waals surface area contributed by atoms with Crippen LogP contribution in [0.4, 0.5) is 0 Å². The van der Waals surface area contributed by atoms with Gasteiger partial charge in [-0.3, -0.25) is 4.79 Å². The molecule has 2 atom stereocenters. The molecular formula is C38H41NO7. The normalized spacial score (nSPS) is 15.2. The van der Waals surface area contributed by atoms with Crippen LogP contribution in [0.3, 0.4) is 0 Å². The highest BCUT2D eigenvalue weighted by Crippen LogP contribution is 2.55. The highest BCUT2D eigenvalue weighted by Gasteiger charge is 2.39. The molecule has 5 aromatic rings. The van der Waals surface area contributed by atoms with E-state index in [1.54, 1.807) is 24.3 Å². The van der Waals surface area contributed by atoms with Crippen molar-refractivity contribution in [2.75, 3.05) is 20.3 Å². The fourth-order valence-electron chi connectivity index (χ4n) is 6.63. The Bertz CT molecular complexity index is 1860. The first-order valence-electron chi connectivity index (χ1n) is 16.0. The summed E-state index contributed by atoms with van der Waals surface area (Å²) in [7, 11) is 1.45. The van der Waals surface area contributed by atoms with Crippen molar-refractivity contribution in [2.45, 2.75) is 58.0 Å². The number of phenols is 2. The Morgan fingerprint density at radius 1 is 0.957 bits per heavy atom. The van der Waals surface area contributed by atoms with Crippen LogP contribution in [0, 0.1) is 5.92 Å². The van der Waals surface area contributed by atoms with Gasteiger partial charge in [-0.25, -0.2) is 0 Å². The molecule has 0 aliphatic carbocycles. The van der Waals surface area contributed by atoms with Gasteiger partial charge in [-0.1, -0.05) is 56.7 Å². The quantitative estimate of drug-likeness (QED) is 0.104. The predicted molar refractivity (Wildman–Crippen MR) is 179 cm³/mol. The summed E-state index contributed by atoms with van der Waals surface area (Å²) in [5, 5.41) is 34.7. The van der Waals surface area contributed by atoms with E-state index in [0.29, 0.717) is 30.1 Å². The molecule has 0 radical (unpaired) electrons. The summed E-state index contributed by atoms with van der Waals surface area (Å²) in [6.07, 6.45) is 3.93. The molecule has 1 aliphatic heterocycles. The fraction of sp³-hybridized carbons (Fsp3) is 0.342. The van der Waals surface area contributed by atoms with Crippen molar-refractivity contribution in [3.05, 3.63) is 89.1 Å². The number of nitrogens with one attached hydrogen (secondary N) is 1. The van der Waals surface area contributed by atoms with E-state index in [1.165, 1.54) is 7.11 Å². The Balaban J connectivity index is 1.53. The molecule has 2 heterocycles. The summed E-state index contributed by atoms with van der Waals surface area (Å²) in [6.45, 7) is 4.39. The third-order valence-corrected chi connectivity index (χ3v) is 8.95. The molecule has 8 nitrogen and oxygen atoms in total. The summed E-state index contributed by atoms with van der Waals surface area (Å²) >= 11 is 0. The van der Waals surface area contributed by atoms with Crippen molar-refractivity contribution in [2.24, 2.45) is 5.92 Å². The fourth-order valence-corrected chi connectivity index (χ4v) is 6.63. The molecule has 4 N–H and O–H groups in total. The van der Waals surface area contributed by atoms with Crippen LogP contribution in [0.5, 0.6) is 28.7 Å². The monoisotopic (exact) mass is 623 g/mol. The van der Waals surface area contributed by atoms with Gasteiger partial charge >= 0.3 is 0 Å². The summed E-state index contributed by atoms with van der Waals surface area (Å²) in [6, 6.07) is 19.3. The maximum absolute atomic E-state index is 14.0. The van der Waals surface area contributed by atoms with Gasteiger partial charge in [-0.2, -0.15) is 0 Å². The lowest BCUT2D eigenvalue weighted by atomic mass is 9.81. The van der Waals surface area contributed by atoms with E-state index in [4.69, 9.17) is 14.2 Å². The van der Waals surface area contributed by atoms with Crippen LogP contribution >= 0.6 is 0 Å². The molecule has 4 aromatic carbocycles. The molecule has 6 rings (SSSR count). The number of aliphatic hydroxyl groups excluding tert-OH is 1. The van der Waals surface area contributed by atoms with Gasteiger partial charge in [0, 0.05) is 35.7 Å². The van der Waals surface area contributed by atoms with E-state index in [-0.39, 0.29) is 59.9 Å². The molecule has 0 amide bonds. The molecule has 1 aliphatic rings. The zero-order valence-electron chi connectivity index (χ0n) is 26.5. The number of carbonyl (C=O) groups excluding carboxylic acids is 1. The van der Waals surface area contributed by atoms with Gasteiger partial charge in [-0.05, 0) is 70.8 Å². The lowest BCUT2D eigenvalue weighted by molar-refractivity contribution is 0.0835. The van der Waals surface area contributed by atoms with E-state index >= 15 is 0 Å². The van der Waals surface area contributed by atoms with Crippen molar-refractivity contribution in [1.29, 1.82) is 0 Å². The second kappa shape index (κ2) is 13.3. The number of rotatable bonds is 12. The second-order valence-electron chi connectivity index (χ2n) is 12.5. The number of aromatic nitrogens is 1. The van der Waals surface area contributed by atoms with Crippen LogP contribution in [0.1, 0.15) is 78.6 Å². The van der Waals surface area contributed by atoms with Crippen molar-refractivity contribution < 1.29 is 34.3 Å². The number of hydrogen-bond donors (Lipinski definition) is 4. The second-order valence-corrected chi connectivity index (χ2v) is 12.5. The van der Waals surface area contributed by atoms with Crippen molar-refractivity contribution in [3.8, 4) is 28.7 Å². The Hall–Kier alpha value is -4.69. The van der Waals surface area contributed by atoms with Gasteiger partial charge in [0.1, 0.15) is 23.2 Å². The Morgan fingerprint density at radius 2 is 1.76 bits per heavy atom. The van der Waals surface area contributed by atoms with E-state index in [1.807, 2.05) is 6.20 Å². The smallest absolute Gasteiger partial charge is 0.204 e.